The molecular formula is C19H25NO4. The van der Waals surface area contributed by atoms with E-state index in [1.54, 1.807) is 11.8 Å². The smallest absolute Gasteiger partial charge is 0.311 e. The number of hydrogen-bond donors (Lipinski definition) is 1. The molecule has 5 nitrogen and oxygen atoms in total. The lowest BCUT2D eigenvalue weighted by molar-refractivity contribution is -0.149. The zero-order valence-electron chi connectivity index (χ0n) is 14.3. The molecule has 0 aromatic heterocycles. The summed E-state index contributed by atoms with van der Waals surface area (Å²) in [6.07, 6.45) is 1.93. The van der Waals surface area contributed by atoms with Gasteiger partial charge in [-0.1, -0.05) is 29.8 Å². The largest absolute Gasteiger partial charge is 0.481 e. The third-order valence-electron chi connectivity index (χ3n) is 5.35. The van der Waals surface area contributed by atoms with Crippen molar-refractivity contribution >= 4 is 11.9 Å². The van der Waals surface area contributed by atoms with Crippen LogP contribution in [0.3, 0.4) is 0 Å². The molecule has 5 heteroatoms. The Kier molecular flexibility index (Phi) is 4.63. The number of aryl methyl sites for hydroxylation is 1. The quantitative estimate of drug-likeness (QED) is 0.925. The van der Waals surface area contributed by atoms with Crippen LogP contribution in [0.25, 0.3) is 0 Å². The fourth-order valence-electron chi connectivity index (χ4n) is 3.68. The maximum absolute atomic E-state index is 13.0. The lowest BCUT2D eigenvalue weighted by atomic mass is 9.87. The lowest BCUT2D eigenvalue weighted by Gasteiger charge is -2.34. The molecule has 3 atom stereocenters. The Hall–Kier alpha value is -1.88. The first-order valence-electron chi connectivity index (χ1n) is 8.61. The lowest BCUT2D eigenvalue weighted by Crippen LogP contribution is -2.41. The van der Waals surface area contributed by atoms with E-state index in [-0.39, 0.29) is 24.5 Å². The molecule has 0 bridgehead atoms. The Morgan fingerprint density at radius 1 is 1.29 bits per heavy atom. The number of carbonyl (C=O) groups excluding carboxylic acids is 1. The van der Waals surface area contributed by atoms with Gasteiger partial charge in [0.2, 0.25) is 5.91 Å². The van der Waals surface area contributed by atoms with Gasteiger partial charge in [-0.25, -0.2) is 0 Å². The van der Waals surface area contributed by atoms with Gasteiger partial charge in [-0.3, -0.25) is 9.59 Å². The van der Waals surface area contributed by atoms with Crippen molar-refractivity contribution in [2.24, 2.45) is 11.3 Å². The average Bonchev–Trinajstić information content (AvgIpc) is 2.99. The van der Waals surface area contributed by atoms with E-state index in [0.29, 0.717) is 19.6 Å². The highest BCUT2D eigenvalue weighted by Gasteiger charge is 2.45. The second-order valence-electron chi connectivity index (χ2n) is 7.33. The van der Waals surface area contributed by atoms with E-state index in [9.17, 15) is 14.7 Å². The van der Waals surface area contributed by atoms with Crippen molar-refractivity contribution in [3.05, 3.63) is 35.4 Å². The molecule has 2 aliphatic heterocycles. The Morgan fingerprint density at radius 2 is 2.00 bits per heavy atom. The molecule has 24 heavy (non-hydrogen) atoms. The van der Waals surface area contributed by atoms with Crippen LogP contribution in [-0.2, 0) is 14.3 Å². The van der Waals surface area contributed by atoms with Crippen LogP contribution in [0.5, 0.6) is 0 Å². The number of nitrogens with zero attached hydrogens (tertiary/aromatic N) is 1. The van der Waals surface area contributed by atoms with Gasteiger partial charge >= 0.3 is 5.97 Å². The summed E-state index contributed by atoms with van der Waals surface area (Å²) in [4.78, 5) is 26.2. The Morgan fingerprint density at radius 3 is 2.62 bits per heavy atom. The van der Waals surface area contributed by atoms with Crippen LogP contribution < -0.4 is 0 Å². The zero-order valence-corrected chi connectivity index (χ0v) is 14.3. The first kappa shape index (κ1) is 17.0. The van der Waals surface area contributed by atoms with Crippen molar-refractivity contribution in [1.82, 2.24) is 4.90 Å². The highest BCUT2D eigenvalue weighted by atomic mass is 16.5. The molecule has 1 aromatic rings. The van der Waals surface area contributed by atoms with Crippen LogP contribution in [0.2, 0.25) is 0 Å². The summed E-state index contributed by atoms with van der Waals surface area (Å²) in [7, 11) is 0. The van der Waals surface area contributed by atoms with Gasteiger partial charge in [0.1, 0.15) is 0 Å². The van der Waals surface area contributed by atoms with Gasteiger partial charge in [0.25, 0.3) is 0 Å². The monoisotopic (exact) mass is 331 g/mol. The summed E-state index contributed by atoms with van der Waals surface area (Å²) in [5.74, 6) is -1.02. The van der Waals surface area contributed by atoms with Gasteiger partial charge < -0.3 is 14.7 Å². The number of rotatable bonds is 3. The van der Waals surface area contributed by atoms with Crippen LogP contribution in [0.1, 0.15) is 43.4 Å². The van der Waals surface area contributed by atoms with Crippen molar-refractivity contribution in [1.29, 1.82) is 0 Å². The first-order chi connectivity index (χ1) is 11.4. The van der Waals surface area contributed by atoms with Crippen LogP contribution in [-0.4, -0.2) is 41.6 Å². The van der Waals surface area contributed by atoms with E-state index in [1.165, 1.54) is 5.56 Å². The highest BCUT2D eigenvalue weighted by Crippen LogP contribution is 2.38. The van der Waals surface area contributed by atoms with Gasteiger partial charge in [-0.15, -0.1) is 0 Å². The van der Waals surface area contributed by atoms with Crippen molar-refractivity contribution in [2.45, 2.75) is 39.2 Å². The molecule has 2 heterocycles. The van der Waals surface area contributed by atoms with E-state index in [0.717, 1.165) is 18.4 Å². The van der Waals surface area contributed by atoms with E-state index >= 15 is 0 Å². The molecule has 1 amide bonds. The number of ether oxygens (including phenoxy) is 1. The molecule has 3 rings (SSSR count). The maximum atomic E-state index is 13.0. The van der Waals surface area contributed by atoms with Crippen LogP contribution >= 0.6 is 0 Å². The van der Waals surface area contributed by atoms with Gasteiger partial charge in [-0.05, 0) is 38.7 Å². The molecule has 2 saturated heterocycles. The SMILES string of the molecule is Cc1ccc([C@@H]2OCCC[C@H]2C(=O)N2CC[C@@](C)(C(=O)O)C2)cc1. The number of carboxylic acids is 1. The average molecular weight is 331 g/mol. The van der Waals surface area contributed by atoms with Gasteiger partial charge in [-0.2, -0.15) is 0 Å². The number of carboxylic acid groups (broad SMARTS) is 1. The van der Waals surface area contributed by atoms with E-state index in [1.807, 2.05) is 31.2 Å². The van der Waals surface area contributed by atoms with E-state index in [2.05, 4.69) is 0 Å². The van der Waals surface area contributed by atoms with Gasteiger partial charge in [0.05, 0.1) is 17.4 Å². The highest BCUT2D eigenvalue weighted by molar-refractivity contribution is 5.82. The van der Waals surface area contributed by atoms with Crippen molar-refractivity contribution in [3.8, 4) is 0 Å². The number of benzene rings is 1. The Labute approximate surface area is 142 Å². The summed E-state index contributed by atoms with van der Waals surface area (Å²) in [6.45, 7) is 5.22. The first-order valence-corrected chi connectivity index (χ1v) is 8.61. The molecule has 2 aliphatic rings. The Balaban J connectivity index is 1.77. The molecule has 2 fully saturated rings. The van der Waals surface area contributed by atoms with Crippen molar-refractivity contribution in [2.75, 3.05) is 19.7 Å². The summed E-state index contributed by atoms with van der Waals surface area (Å²) in [5, 5.41) is 9.38. The minimum absolute atomic E-state index is 0.0326. The maximum Gasteiger partial charge on any atom is 0.311 e. The molecule has 1 N–H and O–H groups in total. The standard InChI is InChI=1S/C19H25NO4/c1-13-5-7-14(8-6-13)16-15(4-3-11-24-16)17(21)20-10-9-19(2,12-20)18(22)23/h5-8,15-16H,3-4,9-12H2,1-2H3,(H,22,23)/t15-,16+,19-/m1/s1. The van der Waals surface area contributed by atoms with Crippen molar-refractivity contribution < 1.29 is 19.4 Å². The second-order valence-corrected chi connectivity index (χ2v) is 7.33. The van der Waals surface area contributed by atoms with Crippen LogP contribution in [0, 0.1) is 18.3 Å². The molecule has 0 unspecified atom stereocenters. The molecule has 0 aliphatic carbocycles. The van der Waals surface area contributed by atoms with E-state index in [4.69, 9.17) is 4.74 Å². The summed E-state index contributed by atoms with van der Waals surface area (Å²) in [6, 6.07) is 8.12. The number of carbonyl (C=O) groups is 2. The zero-order chi connectivity index (χ0) is 17.3. The summed E-state index contributed by atoms with van der Waals surface area (Å²) in [5.41, 5.74) is 1.37. The Bertz CT molecular complexity index is 627. The number of likely N-dealkylation sites (tertiary alicyclic amines) is 1. The molecular weight excluding hydrogens is 306 g/mol. The van der Waals surface area contributed by atoms with Crippen LogP contribution in [0.4, 0.5) is 0 Å². The minimum Gasteiger partial charge on any atom is -0.481 e. The summed E-state index contributed by atoms with van der Waals surface area (Å²) >= 11 is 0. The molecule has 0 saturated carbocycles. The topological polar surface area (TPSA) is 66.8 Å². The number of hydrogen-bond acceptors (Lipinski definition) is 3. The third-order valence-corrected chi connectivity index (χ3v) is 5.35. The number of aliphatic carboxylic acids is 1. The molecule has 0 radical (unpaired) electrons. The van der Waals surface area contributed by atoms with Gasteiger partial charge in [0, 0.05) is 19.7 Å². The van der Waals surface area contributed by atoms with Gasteiger partial charge in [0.15, 0.2) is 0 Å². The predicted molar refractivity (Wildman–Crippen MR) is 89.5 cm³/mol. The number of amides is 1. The minimum atomic E-state index is -0.829. The molecule has 0 spiro atoms. The fourth-order valence-corrected chi connectivity index (χ4v) is 3.68. The third kappa shape index (κ3) is 3.18. The second kappa shape index (κ2) is 6.55. The normalized spacial score (nSPS) is 30.3. The molecule has 130 valence electrons. The van der Waals surface area contributed by atoms with Crippen LogP contribution in [0.15, 0.2) is 24.3 Å². The summed E-state index contributed by atoms with van der Waals surface area (Å²) < 4.78 is 5.93. The fraction of sp³-hybridized carbons (Fsp3) is 0.579. The van der Waals surface area contributed by atoms with E-state index < -0.39 is 11.4 Å². The molecule has 1 aromatic carbocycles. The predicted octanol–water partition coefficient (Wildman–Crippen LogP) is 2.79. The van der Waals surface area contributed by atoms with Crippen molar-refractivity contribution in [3.63, 3.8) is 0 Å².